The Kier molecular flexibility index (Phi) is 3.58. The number of aliphatic hydroxyl groups is 1. The molecule has 0 amide bonds. The van der Waals surface area contributed by atoms with E-state index >= 15 is 0 Å². The molecule has 1 N–H and O–H groups in total. The zero-order chi connectivity index (χ0) is 15.4. The fourth-order valence-corrected chi connectivity index (χ4v) is 3.18. The second kappa shape index (κ2) is 5.03. The lowest BCUT2D eigenvalue weighted by Crippen LogP contribution is -2.37. The number of ether oxygens (including phenoxy) is 1. The van der Waals surface area contributed by atoms with Crippen molar-refractivity contribution in [2.45, 2.75) is 12.0 Å². The highest BCUT2D eigenvalue weighted by atomic mass is 127. The van der Waals surface area contributed by atoms with Gasteiger partial charge in [-0.15, -0.1) is 0 Å². The van der Waals surface area contributed by atoms with Crippen molar-refractivity contribution in [2.24, 2.45) is 0 Å². The molecule has 0 saturated carbocycles. The number of halogens is 5. The summed E-state index contributed by atoms with van der Waals surface area (Å²) >= 11 is 7.56. The Morgan fingerprint density at radius 3 is 2.62 bits per heavy atom. The average Bonchev–Trinajstić information content (AvgIpc) is 2.38. The van der Waals surface area contributed by atoms with E-state index < -0.39 is 17.8 Å². The third-order valence-electron chi connectivity index (χ3n) is 3.17. The first-order valence-corrected chi connectivity index (χ1v) is 7.29. The van der Waals surface area contributed by atoms with Crippen LogP contribution < -0.4 is 4.74 Å². The predicted octanol–water partition coefficient (Wildman–Crippen LogP) is 5.01. The Labute approximate surface area is 136 Å². The maximum atomic E-state index is 13.8. The van der Waals surface area contributed by atoms with E-state index in [0.29, 0.717) is 3.57 Å². The van der Waals surface area contributed by atoms with Crippen molar-refractivity contribution in [2.75, 3.05) is 0 Å². The first kappa shape index (κ1) is 14.9. The van der Waals surface area contributed by atoms with E-state index in [1.165, 1.54) is 12.1 Å². The molecule has 0 radical (unpaired) electrons. The summed E-state index contributed by atoms with van der Waals surface area (Å²) in [6.07, 6.45) is -1.85. The van der Waals surface area contributed by atoms with E-state index in [2.05, 4.69) is 0 Å². The van der Waals surface area contributed by atoms with Crippen LogP contribution in [0.15, 0.2) is 30.3 Å². The largest absolute Gasteiger partial charge is 0.457 e. The van der Waals surface area contributed by atoms with E-state index in [1.807, 2.05) is 22.6 Å². The minimum atomic E-state index is -3.39. The Morgan fingerprint density at radius 2 is 1.95 bits per heavy atom. The first-order valence-electron chi connectivity index (χ1n) is 5.83. The van der Waals surface area contributed by atoms with Gasteiger partial charge in [-0.3, -0.25) is 0 Å². The molecular weight excluding hydrogens is 420 g/mol. The van der Waals surface area contributed by atoms with Gasteiger partial charge in [-0.25, -0.2) is 4.39 Å². The monoisotopic (exact) mass is 426 g/mol. The highest BCUT2D eigenvalue weighted by molar-refractivity contribution is 14.1. The zero-order valence-corrected chi connectivity index (χ0v) is 13.1. The number of rotatable bonds is 2. The number of hydrogen-bond acceptors (Lipinski definition) is 2. The van der Waals surface area contributed by atoms with Gasteiger partial charge in [-0.2, -0.15) is 8.78 Å². The molecule has 110 valence electrons. The lowest BCUT2D eigenvalue weighted by atomic mass is 9.80. The minimum absolute atomic E-state index is 0.0144. The predicted molar refractivity (Wildman–Crippen MR) is 79.5 cm³/mol. The molecule has 0 bridgehead atoms. The summed E-state index contributed by atoms with van der Waals surface area (Å²) in [4.78, 5) is 0. The van der Waals surface area contributed by atoms with Gasteiger partial charge in [0.15, 0.2) is 0 Å². The van der Waals surface area contributed by atoms with Gasteiger partial charge in [0.25, 0.3) is 0 Å². The molecule has 0 aliphatic heterocycles. The van der Waals surface area contributed by atoms with Crippen LogP contribution in [0.3, 0.4) is 0 Å². The molecule has 7 heteroatoms. The van der Waals surface area contributed by atoms with Crippen LogP contribution in [0, 0.1) is 9.39 Å². The summed E-state index contributed by atoms with van der Waals surface area (Å²) < 4.78 is 46.7. The van der Waals surface area contributed by atoms with Crippen molar-refractivity contribution in [1.82, 2.24) is 0 Å². The number of aliphatic hydroxyl groups excluding tert-OH is 1. The summed E-state index contributed by atoms with van der Waals surface area (Å²) in [6, 6.07) is 6.36. The van der Waals surface area contributed by atoms with Crippen molar-refractivity contribution in [3.8, 4) is 11.5 Å². The third-order valence-corrected chi connectivity index (χ3v) is 4.33. The summed E-state index contributed by atoms with van der Waals surface area (Å²) in [5.74, 6) is -4.13. The molecule has 2 aromatic rings. The quantitative estimate of drug-likeness (QED) is 0.684. The van der Waals surface area contributed by atoms with Crippen molar-refractivity contribution in [3.05, 3.63) is 55.9 Å². The minimum Gasteiger partial charge on any atom is -0.457 e. The van der Waals surface area contributed by atoms with Gasteiger partial charge in [0.05, 0.1) is 5.56 Å². The van der Waals surface area contributed by atoms with Crippen molar-refractivity contribution >= 4 is 34.2 Å². The van der Waals surface area contributed by atoms with Gasteiger partial charge >= 0.3 is 5.92 Å². The molecule has 0 fully saturated rings. The molecule has 1 aliphatic carbocycles. The summed E-state index contributed by atoms with van der Waals surface area (Å²) in [5, 5.41) is 9.59. The van der Waals surface area contributed by atoms with Crippen LogP contribution in [0.5, 0.6) is 11.5 Å². The summed E-state index contributed by atoms with van der Waals surface area (Å²) in [5.41, 5.74) is -0.233. The van der Waals surface area contributed by atoms with Crippen LogP contribution in [0.1, 0.15) is 17.2 Å². The average molecular weight is 427 g/mol. The standard InChI is InChI=1S/C14H7ClF3IO2/c15-6-3-7(16)5-8(4-6)21-10-2-1-9(19)11-12(10)14(17,18)13(11)20/h1-5,13,20H. The Balaban J connectivity index is 2.05. The molecule has 0 saturated heterocycles. The van der Waals surface area contributed by atoms with E-state index in [0.717, 1.165) is 12.1 Å². The van der Waals surface area contributed by atoms with E-state index in [4.69, 9.17) is 16.3 Å². The summed E-state index contributed by atoms with van der Waals surface area (Å²) in [6.45, 7) is 0. The Bertz CT molecular complexity index is 716. The van der Waals surface area contributed by atoms with Crippen LogP contribution >= 0.6 is 34.2 Å². The van der Waals surface area contributed by atoms with Gasteiger partial charge in [-0.1, -0.05) is 11.6 Å². The second-order valence-electron chi connectivity index (χ2n) is 4.57. The fraction of sp³-hybridized carbons (Fsp3) is 0.143. The van der Waals surface area contributed by atoms with Gasteiger partial charge in [0, 0.05) is 20.2 Å². The van der Waals surface area contributed by atoms with Crippen LogP contribution in [0.25, 0.3) is 0 Å². The molecule has 0 heterocycles. The lowest BCUT2D eigenvalue weighted by Gasteiger charge is -2.37. The SMILES string of the molecule is OC1c2c(I)ccc(Oc3cc(F)cc(Cl)c3)c2C1(F)F. The van der Waals surface area contributed by atoms with E-state index in [1.54, 1.807) is 6.07 Å². The van der Waals surface area contributed by atoms with Gasteiger partial charge in [0.1, 0.15) is 23.4 Å². The molecule has 2 aromatic carbocycles. The van der Waals surface area contributed by atoms with E-state index in [-0.39, 0.29) is 27.6 Å². The van der Waals surface area contributed by atoms with Crippen LogP contribution in [-0.4, -0.2) is 5.11 Å². The van der Waals surface area contributed by atoms with E-state index in [9.17, 15) is 18.3 Å². The van der Waals surface area contributed by atoms with Gasteiger partial charge < -0.3 is 9.84 Å². The first-order chi connectivity index (χ1) is 9.80. The fourth-order valence-electron chi connectivity index (χ4n) is 2.22. The van der Waals surface area contributed by atoms with Gasteiger partial charge in [-0.05, 0) is 46.9 Å². The van der Waals surface area contributed by atoms with Crippen molar-refractivity contribution in [3.63, 3.8) is 0 Å². The second-order valence-corrected chi connectivity index (χ2v) is 6.17. The molecule has 1 unspecified atom stereocenters. The van der Waals surface area contributed by atoms with Crippen LogP contribution in [-0.2, 0) is 5.92 Å². The summed E-state index contributed by atoms with van der Waals surface area (Å²) in [7, 11) is 0. The highest BCUT2D eigenvalue weighted by Gasteiger charge is 2.56. The van der Waals surface area contributed by atoms with Crippen LogP contribution in [0.4, 0.5) is 13.2 Å². The number of fused-ring (bicyclic) bond motifs is 1. The van der Waals surface area contributed by atoms with Gasteiger partial charge in [0.2, 0.25) is 0 Å². The molecule has 3 rings (SSSR count). The molecule has 0 aromatic heterocycles. The smallest absolute Gasteiger partial charge is 0.306 e. The molecule has 1 aliphatic rings. The lowest BCUT2D eigenvalue weighted by molar-refractivity contribution is -0.149. The molecule has 2 nitrogen and oxygen atoms in total. The maximum absolute atomic E-state index is 13.8. The third kappa shape index (κ3) is 2.39. The Hall–Kier alpha value is -0.990. The zero-order valence-electron chi connectivity index (χ0n) is 10.2. The molecule has 21 heavy (non-hydrogen) atoms. The number of benzene rings is 2. The van der Waals surface area contributed by atoms with Crippen LogP contribution in [0.2, 0.25) is 5.02 Å². The van der Waals surface area contributed by atoms with Crippen molar-refractivity contribution in [1.29, 1.82) is 0 Å². The Morgan fingerprint density at radius 1 is 1.24 bits per heavy atom. The topological polar surface area (TPSA) is 29.5 Å². The normalized spacial score (nSPS) is 18.9. The molecule has 1 atom stereocenters. The molecular formula is C14H7ClF3IO2. The highest BCUT2D eigenvalue weighted by Crippen LogP contribution is 2.58. The number of hydrogen-bond donors (Lipinski definition) is 1. The number of alkyl halides is 2. The maximum Gasteiger partial charge on any atom is 0.306 e. The van der Waals surface area contributed by atoms with Crippen molar-refractivity contribution < 1.29 is 23.0 Å². The molecule has 0 spiro atoms.